The second-order valence-electron chi connectivity index (χ2n) is 6.53. The standard InChI is InChI=1S/C19H26N4O2/c1-13-16(14(2)23(3)22-13)8-10-20-19(24)21-12-15-9-11-25-18-7-5-4-6-17(15)18/h4-7,15H,8-12H2,1-3H3,(H2,20,21,24)/t15-/m0/s1. The Morgan fingerprint density at radius 2 is 2.12 bits per heavy atom. The zero-order valence-corrected chi connectivity index (χ0v) is 15.1. The highest BCUT2D eigenvalue weighted by atomic mass is 16.5. The van der Waals surface area contributed by atoms with Crippen molar-refractivity contribution in [3.05, 3.63) is 46.8 Å². The highest BCUT2D eigenvalue weighted by Gasteiger charge is 2.21. The normalized spacial score (nSPS) is 16.0. The van der Waals surface area contributed by atoms with Crippen molar-refractivity contribution in [3.8, 4) is 5.75 Å². The number of hydrogen-bond donors (Lipinski definition) is 2. The molecule has 134 valence electrons. The molecule has 2 heterocycles. The molecule has 1 atom stereocenters. The van der Waals surface area contributed by atoms with Crippen LogP contribution < -0.4 is 15.4 Å². The maximum absolute atomic E-state index is 12.1. The number of benzene rings is 1. The van der Waals surface area contributed by atoms with Crippen LogP contribution in [0.3, 0.4) is 0 Å². The van der Waals surface area contributed by atoms with Crippen LogP contribution >= 0.6 is 0 Å². The van der Waals surface area contributed by atoms with E-state index >= 15 is 0 Å². The number of aryl methyl sites for hydroxylation is 2. The summed E-state index contributed by atoms with van der Waals surface area (Å²) in [6.45, 7) is 5.98. The minimum atomic E-state index is -0.122. The number of para-hydroxylation sites is 1. The molecule has 0 saturated carbocycles. The second-order valence-corrected chi connectivity index (χ2v) is 6.53. The summed E-state index contributed by atoms with van der Waals surface area (Å²) in [5, 5.41) is 10.3. The summed E-state index contributed by atoms with van der Waals surface area (Å²) >= 11 is 0. The van der Waals surface area contributed by atoms with E-state index in [-0.39, 0.29) is 6.03 Å². The van der Waals surface area contributed by atoms with Crippen LogP contribution in [0.1, 0.15) is 34.9 Å². The summed E-state index contributed by atoms with van der Waals surface area (Å²) in [6, 6.07) is 7.93. The van der Waals surface area contributed by atoms with E-state index in [4.69, 9.17) is 4.74 Å². The van der Waals surface area contributed by atoms with E-state index in [0.717, 1.165) is 30.0 Å². The van der Waals surface area contributed by atoms with E-state index in [2.05, 4.69) is 28.7 Å². The largest absolute Gasteiger partial charge is 0.493 e. The van der Waals surface area contributed by atoms with Gasteiger partial charge in [-0.15, -0.1) is 0 Å². The third-order valence-electron chi connectivity index (χ3n) is 4.91. The van der Waals surface area contributed by atoms with Crippen molar-refractivity contribution in [1.82, 2.24) is 20.4 Å². The van der Waals surface area contributed by atoms with Crippen molar-refractivity contribution in [2.24, 2.45) is 7.05 Å². The number of carbonyl (C=O) groups excluding carboxylic acids is 1. The maximum atomic E-state index is 12.1. The number of amides is 2. The number of rotatable bonds is 5. The van der Waals surface area contributed by atoms with Crippen molar-refractivity contribution >= 4 is 6.03 Å². The molecule has 0 spiro atoms. The molecule has 1 aromatic heterocycles. The molecule has 25 heavy (non-hydrogen) atoms. The number of aromatic nitrogens is 2. The van der Waals surface area contributed by atoms with E-state index < -0.39 is 0 Å². The van der Waals surface area contributed by atoms with Gasteiger partial charge in [0, 0.05) is 31.7 Å². The fourth-order valence-electron chi connectivity index (χ4n) is 3.39. The predicted octanol–water partition coefficient (Wildman–Crippen LogP) is 2.44. The van der Waals surface area contributed by atoms with Gasteiger partial charge in [0.1, 0.15) is 5.75 Å². The topological polar surface area (TPSA) is 68.2 Å². The molecule has 2 amide bonds. The fraction of sp³-hybridized carbons (Fsp3) is 0.474. The molecule has 0 fully saturated rings. The number of nitrogens with one attached hydrogen (secondary N) is 2. The van der Waals surface area contributed by atoms with E-state index in [1.165, 1.54) is 11.1 Å². The van der Waals surface area contributed by atoms with Crippen LogP contribution in [0.25, 0.3) is 0 Å². The SMILES string of the molecule is Cc1nn(C)c(C)c1CCNC(=O)NC[C@@H]1CCOc2ccccc21. The molecular formula is C19H26N4O2. The molecule has 1 aliphatic heterocycles. The minimum Gasteiger partial charge on any atom is -0.493 e. The number of fused-ring (bicyclic) bond motifs is 1. The van der Waals surface area contributed by atoms with Crippen molar-refractivity contribution < 1.29 is 9.53 Å². The molecule has 0 saturated heterocycles. The van der Waals surface area contributed by atoms with Crippen LogP contribution in [0.15, 0.2) is 24.3 Å². The Bertz CT molecular complexity index is 754. The zero-order valence-electron chi connectivity index (χ0n) is 15.1. The van der Waals surface area contributed by atoms with Crippen LogP contribution in [-0.4, -0.2) is 35.5 Å². The molecule has 0 aliphatic carbocycles. The van der Waals surface area contributed by atoms with Gasteiger partial charge in [0.25, 0.3) is 0 Å². The van der Waals surface area contributed by atoms with Gasteiger partial charge in [-0.2, -0.15) is 5.10 Å². The predicted molar refractivity (Wildman–Crippen MR) is 97.1 cm³/mol. The molecule has 3 rings (SSSR count). The van der Waals surface area contributed by atoms with Crippen molar-refractivity contribution in [2.75, 3.05) is 19.7 Å². The van der Waals surface area contributed by atoms with Crippen molar-refractivity contribution in [2.45, 2.75) is 32.6 Å². The summed E-state index contributed by atoms with van der Waals surface area (Å²) in [5.41, 5.74) is 4.57. The van der Waals surface area contributed by atoms with Crippen LogP contribution in [0, 0.1) is 13.8 Å². The fourth-order valence-corrected chi connectivity index (χ4v) is 3.39. The summed E-state index contributed by atoms with van der Waals surface area (Å²) in [5.74, 6) is 1.24. The molecule has 6 nitrogen and oxygen atoms in total. The average Bonchev–Trinajstić information content (AvgIpc) is 2.86. The summed E-state index contributed by atoms with van der Waals surface area (Å²) in [6.07, 6.45) is 1.71. The monoisotopic (exact) mass is 342 g/mol. The van der Waals surface area contributed by atoms with E-state index in [1.54, 1.807) is 0 Å². The summed E-state index contributed by atoms with van der Waals surface area (Å²) in [7, 11) is 1.94. The average molecular weight is 342 g/mol. The van der Waals surface area contributed by atoms with Crippen molar-refractivity contribution in [1.29, 1.82) is 0 Å². The van der Waals surface area contributed by atoms with E-state index in [1.807, 2.05) is 36.9 Å². The van der Waals surface area contributed by atoms with Gasteiger partial charge in [-0.1, -0.05) is 18.2 Å². The lowest BCUT2D eigenvalue weighted by Gasteiger charge is -2.26. The van der Waals surface area contributed by atoms with Crippen LogP contribution in [0.4, 0.5) is 4.79 Å². The Morgan fingerprint density at radius 3 is 2.88 bits per heavy atom. The molecule has 0 bridgehead atoms. The molecule has 2 aromatic rings. The van der Waals surface area contributed by atoms with E-state index in [9.17, 15) is 4.79 Å². The first-order valence-electron chi connectivity index (χ1n) is 8.78. The van der Waals surface area contributed by atoms with Gasteiger partial charge in [-0.05, 0) is 43.9 Å². The molecule has 1 aromatic carbocycles. The highest BCUT2D eigenvalue weighted by Crippen LogP contribution is 2.32. The molecule has 0 radical (unpaired) electrons. The molecule has 0 unspecified atom stereocenters. The van der Waals surface area contributed by atoms with Crippen LogP contribution in [-0.2, 0) is 13.5 Å². The quantitative estimate of drug-likeness (QED) is 0.877. The van der Waals surface area contributed by atoms with Crippen LogP contribution in [0.2, 0.25) is 0 Å². The van der Waals surface area contributed by atoms with Crippen LogP contribution in [0.5, 0.6) is 5.75 Å². The third-order valence-corrected chi connectivity index (χ3v) is 4.91. The van der Waals surface area contributed by atoms with Gasteiger partial charge in [0.05, 0.1) is 12.3 Å². The molecule has 6 heteroatoms. The third kappa shape index (κ3) is 3.95. The first-order valence-corrected chi connectivity index (χ1v) is 8.78. The van der Waals surface area contributed by atoms with E-state index in [0.29, 0.717) is 25.6 Å². The highest BCUT2D eigenvalue weighted by molar-refractivity contribution is 5.73. The lowest BCUT2D eigenvalue weighted by molar-refractivity contribution is 0.235. The Labute approximate surface area is 148 Å². The molecule has 2 N–H and O–H groups in total. The smallest absolute Gasteiger partial charge is 0.314 e. The Kier molecular flexibility index (Phi) is 5.26. The Morgan fingerprint density at radius 1 is 1.32 bits per heavy atom. The molecule has 1 aliphatic rings. The zero-order chi connectivity index (χ0) is 17.8. The number of urea groups is 1. The minimum absolute atomic E-state index is 0.122. The van der Waals surface area contributed by atoms with Gasteiger partial charge in [0.15, 0.2) is 0 Å². The lowest BCUT2D eigenvalue weighted by Crippen LogP contribution is -2.39. The van der Waals surface area contributed by atoms with Crippen molar-refractivity contribution in [3.63, 3.8) is 0 Å². The van der Waals surface area contributed by atoms with Gasteiger partial charge >= 0.3 is 6.03 Å². The molecular weight excluding hydrogens is 316 g/mol. The number of hydrogen-bond acceptors (Lipinski definition) is 3. The second kappa shape index (κ2) is 7.59. The van der Waals surface area contributed by atoms with Gasteiger partial charge in [0.2, 0.25) is 0 Å². The van der Waals surface area contributed by atoms with Gasteiger partial charge in [-0.25, -0.2) is 4.79 Å². The lowest BCUT2D eigenvalue weighted by atomic mass is 9.93. The Hall–Kier alpha value is -2.50. The van der Waals surface area contributed by atoms with Gasteiger partial charge < -0.3 is 15.4 Å². The first-order chi connectivity index (χ1) is 12.1. The number of nitrogens with zero attached hydrogens (tertiary/aromatic N) is 2. The number of carbonyl (C=O) groups is 1. The Balaban J connectivity index is 1.46. The first kappa shape index (κ1) is 17.3. The van der Waals surface area contributed by atoms with Gasteiger partial charge in [-0.3, -0.25) is 4.68 Å². The summed E-state index contributed by atoms with van der Waals surface area (Å²) < 4.78 is 7.54. The maximum Gasteiger partial charge on any atom is 0.314 e. The number of ether oxygens (including phenoxy) is 1. The summed E-state index contributed by atoms with van der Waals surface area (Å²) in [4.78, 5) is 12.1.